The Labute approximate surface area is 121 Å². The van der Waals surface area contributed by atoms with Crippen LogP contribution in [0.1, 0.15) is 37.4 Å². The SMILES string of the molecule is CC1CC(C)N(C(CN)c2ccc(F)c(C(F)(F)F)c2)C1. The third-order valence-electron chi connectivity index (χ3n) is 4.14. The first kappa shape index (κ1) is 16.2. The fourth-order valence-electron chi connectivity index (χ4n) is 3.20. The second-order valence-corrected chi connectivity index (χ2v) is 5.88. The molecular formula is C15H20F4N2. The normalized spacial score (nSPS) is 25.3. The molecule has 1 saturated heterocycles. The van der Waals surface area contributed by atoms with Crippen molar-refractivity contribution in [3.05, 3.63) is 35.1 Å². The van der Waals surface area contributed by atoms with Gasteiger partial charge in [-0.1, -0.05) is 13.0 Å². The Morgan fingerprint density at radius 1 is 1.33 bits per heavy atom. The van der Waals surface area contributed by atoms with Gasteiger partial charge in [0.2, 0.25) is 0 Å². The summed E-state index contributed by atoms with van der Waals surface area (Å²) in [5, 5.41) is 0. The van der Waals surface area contributed by atoms with E-state index in [1.807, 2.05) is 6.92 Å². The van der Waals surface area contributed by atoms with Crippen molar-refractivity contribution in [2.45, 2.75) is 38.5 Å². The van der Waals surface area contributed by atoms with Crippen molar-refractivity contribution in [2.75, 3.05) is 13.1 Å². The van der Waals surface area contributed by atoms with Gasteiger partial charge in [0.25, 0.3) is 0 Å². The minimum atomic E-state index is -4.69. The summed E-state index contributed by atoms with van der Waals surface area (Å²) >= 11 is 0. The molecule has 0 bridgehead atoms. The zero-order valence-corrected chi connectivity index (χ0v) is 12.1. The Hall–Kier alpha value is -1.14. The van der Waals surface area contributed by atoms with Gasteiger partial charge in [0, 0.05) is 25.2 Å². The van der Waals surface area contributed by atoms with Crippen LogP contribution in [0.25, 0.3) is 0 Å². The van der Waals surface area contributed by atoms with Gasteiger partial charge in [-0.05, 0) is 37.0 Å². The summed E-state index contributed by atoms with van der Waals surface area (Å²) in [5.74, 6) is -0.763. The molecule has 1 heterocycles. The molecule has 0 saturated carbocycles. The highest BCUT2D eigenvalue weighted by atomic mass is 19.4. The summed E-state index contributed by atoms with van der Waals surface area (Å²) in [7, 11) is 0. The van der Waals surface area contributed by atoms with Crippen LogP contribution in [0, 0.1) is 11.7 Å². The monoisotopic (exact) mass is 304 g/mol. The Kier molecular flexibility index (Phi) is 4.58. The molecule has 0 amide bonds. The van der Waals surface area contributed by atoms with Gasteiger partial charge >= 0.3 is 6.18 Å². The van der Waals surface area contributed by atoms with Gasteiger partial charge in [0.1, 0.15) is 5.82 Å². The standard InChI is InChI=1S/C15H20F4N2/c1-9-5-10(2)21(8-9)14(7-20)11-3-4-13(16)12(6-11)15(17,18)19/h3-4,6,9-10,14H,5,7-8,20H2,1-2H3. The van der Waals surface area contributed by atoms with Crippen LogP contribution in [0.4, 0.5) is 17.6 Å². The highest BCUT2D eigenvalue weighted by molar-refractivity contribution is 5.30. The Bertz CT molecular complexity index is 501. The minimum absolute atomic E-state index is 0.208. The molecule has 1 fully saturated rings. The van der Waals surface area contributed by atoms with Crippen LogP contribution in [-0.2, 0) is 6.18 Å². The van der Waals surface area contributed by atoms with E-state index in [2.05, 4.69) is 11.8 Å². The number of benzene rings is 1. The van der Waals surface area contributed by atoms with E-state index in [-0.39, 0.29) is 18.6 Å². The molecule has 0 radical (unpaired) electrons. The van der Waals surface area contributed by atoms with E-state index >= 15 is 0 Å². The first-order chi connectivity index (χ1) is 9.74. The first-order valence-electron chi connectivity index (χ1n) is 7.06. The zero-order chi connectivity index (χ0) is 15.8. The van der Waals surface area contributed by atoms with Gasteiger partial charge in [-0.15, -0.1) is 0 Å². The number of alkyl halides is 3. The maximum Gasteiger partial charge on any atom is 0.419 e. The molecule has 0 aromatic heterocycles. The predicted octanol–water partition coefficient (Wildman–Crippen LogP) is 3.57. The molecule has 3 unspecified atom stereocenters. The van der Waals surface area contributed by atoms with Crippen LogP contribution in [0.3, 0.4) is 0 Å². The second kappa shape index (κ2) is 5.93. The third kappa shape index (κ3) is 3.37. The summed E-state index contributed by atoms with van der Waals surface area (Å²) in [6.45, 7) is 5.15. The third-order valence-corrected chi connectivity index (χ3v) is 4.14. The number of nitrogens with zero attached hydrogens (tertiary/aromatic N) is 1. The quantitative estimate of drug-likeness (QED) is 0.865. The number of halogens is 4. The number of hydrogen-bond acceptors (Lipinski definition) is 2. The van der Waals surface area contributed by atoms with Gasteiger partial charge < -0.3 is 5.73 Å². The van der Waals surface area contributed by atoms with Gasteiger partial charge in [0.15, 0.2) is 0 Å². The van der Waals surface area contributed by atoms with E-state index in [4.69, 9.17) is 5.73 Å². The Morgan fingerprint density at radius 3 is 2.48 bits per heavy atom. The Morgan fingerprint density at radius 2 is 2.00 bits per heavy atom. The number of likely N-dealkylation sites (tertiary alicyclic amines) is 1. The fourth-order valence-corrected chi connectivity index (χ4v) is 3.20. The van der Waals surface area contributed by atoms with Gasteiger partial charge in [-0.2, -0.15) is 13.2 Å². The summed E-state index contributed by atoms with van der Waals surface area (Å²) in [5.41, 5.74) is 4.97. The molecular weight excluding hydrogens is 284 g/mol. The van der Waals surface area contributed by atoms with Crippen molar-refractivity contribution in [2.24, 2.45) is 11.7 Å². The average molecular weight is 304 g/mol. The molecule has 6 heteroatoms. The molecule has 1 aromatic rings. The van der Waals surface area contributed by atoms with Crippen LogP contribution in [-0.4, -0.2) is 24.0 Å². The van der Waals surface area contributed by atoms with Crippen LogP contribution in [0.15, 0.2) is 18.2 Å². The topological polar surface area (TPSA) is 29.3 Å². The molecule has 2 nitrogen and oxygen atoms in total. The van der Waals surface area contributed by atoms with Gasteiger partial charge in [0.05, 0.1) is 5.56 Å². The Balaban J connectivity index is 2.35. The highest BCUT2D eigenvalue weighted by Gasteiger charge is 2.36. The molecule has 1 aliphatic heterocycles. The lowest BCUT2D eigenvalue weighted by atomic mass is 10.0. The smallest absolute Gasteiger partial charge is 0.329 e. The first-order valence-corrected chi connectivity index (χ1v) is 7.06. The maximum atomic E-state index is 13.4. The van der Waals surface area contributed by atoms with E-state index in [9.17, 15) is 17.6 Å². The van der Waals surface area contributed by atoms with Crippen molar-refractivity contribution in [1.29, 1.82) is 0 Å². The lowest BCUT2D eigenvalue weighted by Gasteiger charge is -2.31. The van der Waals surface area contributed by atoms with Gasteiger partial charge in [-0.25, -0.2) is 4.39 Å². The van der Waals surface area contributed by atoms with E-state index in [1.165, 1.54) is 6.07 Å². The lowest BCUT2D eigenvalue weighted by molar-refractivity contribution is -0.140. The summed E-state index contributed by atoms with van der Waals surface area (Å²) < 4.78 is 51.9. The molecule has 2 N–H and O–H groups in total. The molecule has 3 atom stereocenters. The molecule has 1 aliphatic rings. The van der Waals surface area contributed by atoms with Crippen molar-refractivity contribution >= 4 is 0 Å². The van der Waals surface area contributed by atoms with Crippen molar-refractivity contribution < 1.29 is 17.6 Å². The molecule has 2 rings (SSSR count). The summed E-state index contributed by atoms with van der Waals surface area (Å²) in [4.78, 5) is 2.11. The van der Waals surface area contributed by atoms with Crippen LogP contribution >= 0.6 is 0 Å². The molecule has 118 valence electrons. The van der Waals surface area contributed by atoms with E-state index in [0.717, 1.165) is 25.1 Å². The number of nitrogens with two attached hydrogens (primary N) is 1. The van der Waals surface area contributed by atoms with Crippen LogP contribution in [0.5, 0.6) is 0 Å². The minimum Gasteiger partial charge on any atom is -0.329 e. The van der Waals surface area contributed by atoms with Crippen LogP contribution < -0.4 is 5.73 Å². The van der Waals surface area contributed by atoms with E-state index in [0.29, 0.717) is 11.5 Å². The predicted molar refractivity (Wildman–Crippen MR) is 73.1 cm³/mol. The average Bonchev–Trinajstić information content (AvgIpc) is 2.70. The maximum absolute atomic E-state index is 13.4. The second-order valence-electron chi connectivity index (χ2n) is 5.88. The largest absolute Gasteiger partial charge is 0.419 e. The van der Waals surface area contributed by atoms with Crippen molar-refractivity contribution in [1.82, 2.24) is 4.90 Å². The number of rotatable bonds is 3. The fraction of sp³-hybridized carbons (Fsp3) is 0.600. The molecule has 1 aromatic carbocycles. The van der Waals surface area contributed by atoms with E-state index in [1.54, 1.807) is 0 Å². The number of hydrogen-bond donors (Lipinski definition) is 1. The summed E-state index contributed by atoms with van der Waals surface area (Å²) in [6.07, 6.45) is -3.70. The van der Waals surface area contributed by atoms with Crippen LogP contribution in [0.2, 0.25) is 0 Å². The highest BCUT2D eigenvalue weighted by Crippen LogP contribution is 2.36. The van der Waals surface area contributed by atoms with Gasteiger partial charge in [-0.3, -0.25) is 4.90 Å². The zero-order valence-electron chi connectivity index (χ0n) is 12.1. The summed E-state index contributed by atoms with van der Waals surface area (Å²) in [6, 6.07) is 3.12. The lowest BCUT2D eigenvalue weighted by Crippen LogP contribution is -2.36. The van der Waals surface area contributed by atoms with Crippen molar-refractivity contribution in [3.8, 4) is 0 Å². The molecule has 0 spiro atoms. The molecule has 0 aliphatic carbocycles. The van der Waals surface area contributed by atoms with Crippen molar-refractivity contribution in [3.63, 3.8) is 0 Å². The molecule has 21 heavy (non-hydrogen) atoms. The van der Waals surface area contributed by atoms with E-state index < -0.39 is 17.6 Å².